The quantitative estimate of drug-likeness (QED) is 0.180. The van der Waals surface area contributed by atoms with Crippen LogP contribution in [0.1, 0.15) is 0 Å². The van der Waals surface area contributed by atoms with Gasteiger partial charge in [0.2, 0.25) is 0 Å². The molecule has 2 heteroatoms. The number of benzene rings is 8. The van der Waals surface area contributed by atoms with E-state index in [4.69, 9.17) is 4.98 Å². The summed E-state index contributed by atoms with van der Waals surface area (Å²) in [5.41, 5.74) is 11.6. The van der Waals surface area contributed by atoms with Gasteiger partial charge >= 0.3 is 0 Å². The zero-order chi connectivity index (χ0) is 31.2. The first-order chi connectivity index (χ1) is 23.4. The maximum Gasteiger partial charge on any atom is 0.145 e. The molecule has 1 heterocycles. The van der Waals surface area contributed by atoms with E-state index in [0.29, 0.717) is 0 Å². The molecule has 0 amide bonds. The monoisotopic (exact) mass is 598 g/mol. The first-order valence-corrected chi connectivity index (χ1v) is 16.1. The largest absolute Gasteiger partial charge is 0.292 e. The van der Waals surface area contributed by atoms with Gasteiger partial charge < -0.3 is 0 Å². The Labute approximate surface area is 273 Å². The van der Waals surface area contributed by atoms with Crippen molar-refractivity contribution in [3.8, 4) is 50.5 Å². The number of rotatable bonds is 5. The fourth-order valence-corrected chi connectivity index (χ4v) is 7.21. The molecule has 0 unspecified atom stereocenters. The van der Waals surface area contributed by atoms with Gasteiger partial charge in [0.05, 0.1) is 16.7 Å². The van der Waals surface area contributed by atoms with Gasteiger partial charge in [0.15, 0.2) is 0 Å². The average molecular weight is 599 g/mol. The van der Waals surface area contributed by atoms with Crippen LogP contribution in [0, 0.1) is 0 Å². The second-order valence-corrected chi connectivity index (χ2v) is 11.9. The van der Waals surface area contributed by atoms with Crippen molar-refractivity contribution in [3.05, 3.63) is 182 Å². The lowest BCUT2D eigenvalue weighted by atomic mass is 9.83. The molecule has 0 aliphatic rings. The van der Waals surface area contributed by atoms with Crippen LogP contribution >= 0.6 is 0 Å². The lowest BCUT2D eigenvalue weighted by Crippen LogP contribution is -2.01. The predicted molar refractivity (Wildman–Crippen MR) is 198 cm³/mol. The van der Waals surface area contributed by atoms with Crippen molar-refractivity contribution in [2.75, 3.05) is 0 Å². The van der Waals surface area contributed by atoms with Gasteiger partial charge in [-0.1, -0.05) is 164 Å². The normalized spacial score (nSPS) is 11.4. The van der Waals surface area contributed by atoms with E-state index in [2.05, 4.69) is 187 Å². The van der Waals surface area contributed by atoms with E-state index < -0.39 is 0 Å². The Morgan fingerprint density at radius 2 is 0.787 bits per heavy atom. The van der Waals surface area contributed by atoms with Gasteiger partial charge in [0.1, 0.15) is 5.82 Å². The Bertz CT molecular complexity index is 2500. The van der Waals surface area contributed by atoms with Crippen LogP contribution < -0.4 is 0 Å². The first kappa shape index (κ1) is 27.1. The smallest absolute Gasteiger partial charge is 0.145 e. The minimum absolute atomic E-state index is 0.932. The summed E-state index contributed by atoms with van der Waals surface area (Å²) in [5.74, 6) is 0.932. The summed E-state index contributed by atoms with van der Waals surface area (Å²) >= 11 is 0. The average Bonchev–Trinajstić information content (AvgIpc) is 3.54. The van der Waals surface area contributed by atoms with E-state index in [1.165, 1.54) is 54.9 Å². The second kappa shape index (κ2) is 11.3. The molecule has 2 nitrogen and oxygen atoms in total. The van der Waals surface area contributed by atoms with E-state index in [0.717, 1.165) is 28.1 Å². The number of nitrogens with zero attached hydrogens (tertiary/aromatic N) is 2. The van der Waals surface area contributed by atoms with Crippen molar-refractivity contribution in [2.24, 2.45) is 0 Å². The highest BCUT2D eigenvalue weighted by molar-refractivity contribution is 6.23. The Morgan fingerprint density at radius 1 is 0.340 bits per heavy atom. The molecule has 0 fully saturated rings. The minimum Gasteiger partial charge on any atom is -0.292 e. The van der Waals surface area contributed by atoms with Crippen LogP contribution in [0.25, 0.3) is 83.0 Å². The predicted octanol–water partition coefficient (Wildman–Crippen LogP) is 12.0. The van der Waals surface area contributed by atoms with Crippen molar-refractivity contribution < 1.29 is 0 Å². The molecule has 0 bridgehead atoms. The van der Waals surface area contributed by atoms with Crippen molar-refractivity contribution in [1.82, 2.24) is 9.55 Å². The van der Waals surface area contributed by atoms with Gasteiger partial charge in [-0.15, -0.1) is 0 Å². The summed E-state index contributed by atoms with van der Waals surface area (Å²) in [4.78, 5) is 5.17. The topological polar surface area (TPSA) is 17.8 Å². The van der Waals surface area contributed by atoms with Gasteiger partial charge in [0.25, 0.3) is 0 Å². The lowest BCUT2D eigenvalue weighted by molar-refractivity contribution is 1.10. The summed E-state index contributed by atoms with van der Waals surface area (Å²) < 4.78 is 2.34. The van der Waals surface area contributed by atoms with Crippen LogP contribution in [0.15, 0.2) is 182 Å². The number of fused-ring (bicyclic) bond motifs is 3. The third kappa shape index (κ3) is 4.46. The van der Waals surface area contributed by atoms with Crippen LogP contribution in [-0.2, 0) is 0 Å². The first-order valence-electron chi connectivity index (χ1n) is 16.1. The Morgan fingerprint density at radius 3 is 1.43 bits per heavy atom. The molecule has 47 heavy (non-hydrogen) atoms. The molecule has 9 aromatic rings. The number of para-hydroxylation sites is 3. The zero-order valence-electron chi connectivity index (χ0n) is 25.7. The molecule has 0 N–H and O–H groups in total. The molecule has 8 aromatic carbocycles. The molecule has 0 atom stereocenters. The van der Waals surface area contributed by atoms with E-state index in [-0.39, 0.29) is 0 Å². The summed E-state index contributed by atoms with van der Waals surface area (Å²) in [6.45, 7) is 0. The van der Waals surface area contributed by atoms with Gasteiger partial charge in [-0.25, -0.2) is 4.98 Å². The van der Waals surface area contributed by atoms with E-state index in [9.17, 15) is 0 Å². The molecule has 0 aliphatic carbocycles. The molecule has 0 saturated heterocycles. The highest BCUT2D eigenvalue weighted by atomic mass is 15.1. The van der Waals surface area contributed by atoms with Crippen LogP contribution in [0.2, 0.25) is 0 Å². The Kier molecular flexibility index (Phi) is 6.50. The number of hydrogen-bond donors (Lipinski definition) is 0. The number of imidazole rings is 1. The van der Waals surface area contributed by atoms with Crippen LogP contribution in [0.4, 0.5) is 0 Å². The summed E-state index contributed by atoms with van der Waals surface area (Å²) in [6.07, 6.45) is 0. The fraction of sp³-hybridized carbons (Fsp3) is 0. The summed E-state index contributed by atoms with van der Waals surface area (Å²) in [5, 5.41) is 4.92. The standard InChI is InChI=1S/C45H30N2/c1-3-17-31(18-4-1)33-21-7-8-22-34(33)43-35-23-9-11-25-37(35)44(38-26-12-10-24-36(38)43)39-27-13-15-29-41(39)47-42-30-16-14-28-40(42)46-45(47)32-19-5-2-6-20-32/h1-30H. The van der Waals surface area contributed by atoms with E-state index >= 15 is 0 Å². The van der Waals surface area contributed by atoms with Crippen molar-refractivity contribution in [3.63, 3.8) is 0 Å². The SMILES string of the molecule is c1ccc(-c2ccccc2-c2c3ccccc3c(-c3ccccc3-n3c(-c4ccccc4)nc4ccccc43)c3ccccc23)cc1. The van der Waals surface area contributed by atoms with E-state index in [1.807, 2.05) is 0 Å². The van der Waals surface area contributed by atoms with Gasteiger partial charge in [-0.2, -0.15) is 0 Å². The Balaban J connectivity index is 1.39. The van der Waals surface area contributed by atoms with Crippen LogP contribution in [-0.4, -0.2) is 9.55 Å². The van der Waals surface area contributed by atoms with Crippen molar-refractivity contribution in [2.45, 2.75) is 0 Å². The fourth-order valence-electron chi connectivity index (χ4n) is 7.21. The molecular formula is C45H30N2. The number of hydrogen-bond acceptors (Lipinski definition) is 1. The summed E-state index contributed by atoms with van der Waals surface area (Å²) in [7, 11) is 0. The summed E-state index contributed by atoms with van der Waals surface area (Å²) in [6, 6.07) is 65.1. The molecule has 9 rings (SSSR count). The molecule has 0 spiro atoms. The third-order valence-corrected chi connectivity index (χ3v) is 9.22. The molecular weight excluding hydrogens is 569 g/mol. The maximum absolute atomic E-state index is 5.17. The lowest BCUT2D eigenvalue weighted by Gasteiger charge is -2.21. The van der Waals surface area contributed by atoms with E-state index in [1.54, 1.807) is 0 Å². The highest BCUT2D eigenvalue weighted by Gasteiger charge is 2.22. The van der Waals surface area contributed by atoms with Gasteiger partial charge in [-0.05, 0) is 67.6 Å². The molecule has 0 aliphatic heterocycles. The van der Waals surface area contributed by atoms with Gasteiger partial charge in [-0.3, -0.25) is 4.57 Å². The van der Waals surface area contributed by atoms with Crippen molar-refractivity contribution >= 4 is 32.6 Å². The maximum atomic E-state index is 5.17. The molecule has 0 saturated carbocycles. The number of aromatic nitrogens is 2. The zero-order valence-corrected chi connectivity index (χ0v) is 25.7. The van der Waals surface area contributed by atoms with Crippen LogP contribution in [0.5, 0.6) is 0 Å². The molecule has 1 aromatic heterocycles. The molecule has 220 valence electrons. The van der Waals surface area contributed by atoms with Gasteiger partial charge in [0, 0.05) is 11.1 Å². The third-order valence-electron chi connectivity index (χ3n) is 9.22. The van der Waals surface area contributed by atoms with Crippen molar-refractivity contribution in [1.29, 1.82) is 0 Å². The highest BCUT2D eigenvalue weighted by Crippen LogP contribution is 2.47. The minimum atomic E-state index is 0.932. The molecule has 0 radical (unpaired) electrons. The van der Waals surface area contributed by atoms with Crippen LogP contribution in [0.3, 0.4) is 0 Å². The Hall–Kier alpha value is -6.25. The second-order valence-electron chi connectivity index (χ2n) is 11.9.